The molecule has 8 nitrogen and oxygen atoms in total. The predicted octanol–water partition coefficient (Wildman–Crippen LogP) is 3.29. The number of aliphatic carboxylic acids is 1. The predicted molar refractivity (Wildman–Crippen MR) is 119 cm³/mol. The molecule has 33 heavy (non-hydrogen) atoms. The Bertz CT molecular complexity index is 1230. The second-order valence-corrected chi connectivity index (χ2v) is 7.57. The molecule has 1 aliphatic carbocycles. The van der Waals surface area contributed by atoms with Gasteiger partial charge >= 0.3 is 11.9 Å². The van der Waals surface area contributed by atoms with Crippen LogP contribution in [0, 0.1) is 0 Å². The van der Waals surface area contributed by atoms with Crippen molar-refractivity contribution in [1.29, 1.82) is 0 Å². The maximum Gasteiger partial charge on any atom is 0.341 e. The first kappa shape index (κ1) is 22.1. The number of ketones is 1. The molecule has 0 amide bonds. The Morgan fingerprint density at radius 3 is 2.45 bits per heavy atom. The van der Waals surface area contributed by atoms with Crippen molar-refractivity contribution < 1.29 is 33.7 Å². The van der Waals surface area contributed by atoms with Gasteiger partial charge in [-0.25, -0.2) is 9.59 Å². The van der Waals surface area contributed by atoms with Gasteiger partial charge in [-0.3, -0.25) is 4.79 Å². The third-order valence-electron chi connectivity index (χ3n) is 5.61. The second-order valence-electron chi connectivity index (χ2n) is 7.57. The molecule has 1 heterocycles. The van der Waals surface area contributed by atoms with E-state index in [1.807, 2.05) is 12.1 Å². The fourth-order valence-electron chi connectivity index (χ4n) is 4.27. The highest BCUT2D eigenvalue weighted by atomic mass is 16.5. The Balaban J connectivity index is 1.87. The van der Waals surface area contributed by atoms with Gasteiger partial charge in [0, 0.05) is 28.3 Å². The summed E-state index contributed by atoms with van der Waals surface area (Å²) in [6.45, 7) is 3.35. The minimum Gasteiger partial charge on any atom is -0.490 e. The molecule has 0 saturated carbocycles. The number of esters is 1. The topological polar surface area (TPSA) is 111 Å². The maximum atomic E-state index is 13.4. The molecule has 1 atom stereocenters. The fourth-order valence-corrected chi connectivity index (χ4v) is 4.27. The van der Waals surface area contributed by atoms with Crippen LogP contribution in [0.4, 0.5) is 0 Å². The lowest BCUT2D eigenvalue weighted by Gasteiger charge is -2.29. The molecule has 0 spiro atoms. The summed E-state index contributed by atoms with van der Waals surface area (Å²) in [7, 11) is 1.29. The number of nitrogens with one attached hydrogen (secondary N) is 1. The summed E-state index contributed by atoms with van der Waals surface area (Å²) >= 11 is 0. The zero-order chi connectivity index (χ0) is 23.7. The maximum absolute atomic E-state index is 13.4. The van der Waals surface area contributed by atoms with Gasteiger partial charge in [-0.15, -0.1) is 0 Å². The number of rotatable bonds is 7. The zero-order valence-electron chi connectivity index (χ0n) is 18.4. The third kappa shape index (κ3) is 3.84. The molecule has 2 aliphatic rings. The van der Waals surface area contributed by atoms with Crippen LogP contribution in [-0.2, 0) is 14.3 Å². The van der Waals surface area contributed by atoms with Crippen molar-refractivity contribution in [3.63, 3.8) is 0 Å². The number of dihydropyridines is 1. The van der Waals surface area contributed by atoms with Crippen molar-refractivity contribution in [3.05, 3.63) is 76.0 Å². The smallest absolute Gasteiger partial charge is 0.341 e. The molecule has 0 aromatic heterocycles. The SMILES string of the molecule is CCOc1cc([C@@H]2C(C(=O)OC)=C(C)NC3=C2C(=O)c2ccccc23)ccc1OCC(=O)O. The summed E-state index contributed by atoms with van der Waals surface area (Å²) in [6.07, 6.45) is 0. The van der Waals surface area contributed by atoms with E-state index in [0.717, 1.165) is 5.56 Å². The van der Waals surface area contributed by atoms with E-state index >= 15 is 0 Å². The van der Waals surface area contributed by atoms with Crippen molar-refractivity contribution in [3.8, 4) is 11.5 Å². The van der Waals surface area contributed by atoms with Crippen molar-refractivity contribution in [2.45, 2.75) is 19.8 Å². The van der Waals surface area contributed by atoms with Gasteiger partial charge < -0.3 is 24.6 Å². The van der Waals surface area contributed by atoms with E-state index in [1.54, 1.807) is 44.2 Å². The summed E-state index contributed by atoms with van der Waals surface area (Å²) in [4.78, 5) is 37.2. The first-order valence-electron chi connectivity index (χ1n) is 10.4. The minimum absolute atomic E-state index is 0.170. The normalized spacial score (nSPS) is 16.7. The summed E-state index contributed by atoms with van der Waals surface area (Å²) in [5, 5.41) is 12.2. The molecule has 0 saturated heterocycles. The number of Topliss-reactive ketones (excluding diaryl/α,β-unsaturated/α-hetero) is 1. The highest BCUT2D eigenvalue weighted by Crippen LogP contribution is 2.47. The van der Waals surface area contributed by atoms with Gasteiger partial charge in [-0.05, 0) is 31.5 Å². The van der Waals surface area contributed by atoms with Crippen molar-refractivity contribution >= 4 is 23.4 Å². The summed E-state index contributed by atoms with van der Waals surface area (Å²) in [5.74, 6) is -1.97. The lowest BCUT2D eigenvalue weighted by Crippen LogP contribution is -2.29. The van der Waals surface area contributed by atoms with Gasteiger partial charge in [0.1, 0.15) is 0 Å². The van der Waals surface area contributed by atoms with Gasteiger partial charge in [0.05, 0.1) is 25.0 Å². The molecular formula is C25H23NO7. The number of carbonyl (C=O) groups excluding carboxylic acids is 2. The molecule has 0 unspecified atom stereocenters. The Morgan fingerprint density at radius 1 is 1.06 bits per heavy atom. The van der Waals surface area contributed by atoms with E-state index in [4.69, 9.17) is 19.3 Å². The Labute approximate surface area is 190 Å². The fraction of sp³-hybridized carbons (Fsp3) is 0.240. The van der Waals surface area contributed by atoms with Crippen LogP contribution in [0.1, 0.15) is 41.3 Å². The van der Waals surface area contributed by atoms with E-state index in [0.29, 0.717) is 46.0 Å². The van der Waals surface area contributed by atoms with E-state index in [-0.39, 0.29) is 11.5 Å². The van der Waals surface area contributed by atoms with E-state index < -0.39 is 24.5 Å². The standard InChI is InChI=1S/C25H23NO7/c1-4-32-18-11-14(9-10-17(18)33-12-19(27)28)21-20(25(30)31-3)13(2)26-23-15-7-5-6-8-16(15)24(29)22(21)23/h5-11,21,26H,4,12H2,1-3H3,(H,27,28)/t21-/m1/s1. The largest absolute Gasteiger partial charge is 0.490 e. The quantitative estimate of drug-likeness (QED) is 0.620. The first-order valence-corrected chi connectivity index (χ1v) is 10.4. The second kappa shape index (κ2) is 8.82. The van der Waals surface area contributed by atoms with E-state index in [9.17, 15) is 14.4 Å². The van der Waals surface area contributed by atoms with Crippen LogP contribution >= 0.6 is 0 Å². The lowest BCUT2D eigenvalue weighted by atomic mass is 9.79. The molecule has 4 rings (SSSR count). The highest BCUT2D eigenvalue weighted by Gasteiger charge is 2.43. The number of methoxy groups -OCH3 is 1. The summed E-state index contributed by atoms with van der Waals surface area (Å²) in [6, 6.07) is 12.2. The monoisotopic (exact) mass is 449 g/mol. The number of hydrogen-bond acceptors (Lipinski definition) is 7. The molecule has 2 aromatic rings. The van der Waals surface area contributed by atoms with Crippen LogP contribution < -0.4 is 14.8 Å². The lowest BCUT2D eigenvalue weighted by molar-refractivity contribution is -0.139. The summed E-state index contributed by atoms with van der Waals surface area (Å²) in [5.41, 5.74) is 3.97. The average molecular weight is 449 g/mol. The van der Waals surface area contributed by atoms with Crippen LogP contribution in [0.25, 0.3) is 5.70 Å². The van der Waals surface area contributed by atoms with Gasteiger partial charge in [-0.2, -0.15) is 0 Å². The number of benzene rings is 2. The number of allylic oxidation sites excluding steroid dienone is 2. The van der Waals surface area contributed by atoms with Crippen LogP contribution in [0.15, 0.2) is 59.3 Å². The molecule has 0 radical (unpaired) electrons. The molecule has 170 valence electrons. The third-order valence-corrected chi connectivity index (χ3v) is 5.61. The van der Waals surface area contributed by atoms with Gasteiger partial charge in [0.2, 0.25) is 0 Å². The van der Waals surface area contributed by atoms with Gasteiger partial charge in [-0.1, -0.05) is 30.3 Å². The van der Waals surface area contributed by atoms with Crippen LogP contribution in [0.2, 0.25) is 0 Å². The molecule has 2 N–H and O–H groups in total. The number of hydrogen-bond donors (Lipinski definition) is 2. The molecular weight excluding hydrogens is 426 g/mol. The molecule has 0 fully saturated rings. The van der Waals surface area contributed by atoms with Crippen molar-refractivity contribution in [1.82, 2.24) is 5.32 Å². The number of fused-ring (bicyclic) bond motifs is 2. The Morgan fingerprint density at radius 2 is 1.79 bits per heavy atom. The average Bonchev–Trinajstić information content (AvgIpc) is 3.08. The molecule has 1 aliphatic heterocycles. The molecule has 0 bridgehead atoms. The first-order chi connectivity index (χ1) is 15.9. The zero-order valence-corrected chi connectivity index (χ0v) is 18.4. The van der Waals surface area contributed by atoms with E-state index in [1.165, 1.54) is 7.11 Å². The molecule has 8 heteroatoms. The van der Waals surface area contributed by atoms with Gasteiger partial charge in [0.15, 0.2) is 23.9 Å². The number of carboxylic acids is 1. The molecule has 2 aromatic carbocycles. The van der Waals surface area contributed by atoms with Gasteiger partial charge in [0.25, 0.3) is 0 Å². The van der Waals surface area contributed by atoms with E-state index in [2.05, 4.69) is 5.32 Å². The summed E-state index contributed by atoms with van der Waals surface area (Å²) < 4.78 is 16.1. The van der Waals surface area contributed by atoms with Crippen LogP contribution in [0.3, 0.4) is 0 Å². The Hall–Kier alpha value is -4.07. The number of carbonyl (C=O) groups is 3. The van der Waals surface area contributed by atoms with Crippen molar-refractivity contribution in [2.24, 2.45) is 0 Å². The van der Waals surface area contributed by atoms with Crippen LogP contribution in [-0.4, -0.2) is 43.2 Å². The number of ether oxygens (including phenoxy) is 3. The minimum atomic E-state index is -1.12. The van der Waals surface area contributed by atoms with Crippen LogP contribution in [0.5, 0.6) is 11.5 Å². The Kier molecular flexibility index (Phi) is 5.91. The highest BCUT2D eigenvalue weighted by molar-refractivity contribution is 6.23. The van der Waals surface area contributed by atoms with Crippen molar-refractivity contribution in [2.75, 3.05) is 20.3 Å². The number of carboxylic acid groups (broad SMARTS) is 1.